The predicted molar refractivity (Wildman–Crippen MR) is 74.8 cm³/mol. The van der Waals surface area contributed by atoms with E-state index in [0.29, 0.717) is 12.5 Å². The van der Waals surface area contributed by atoms with Crippen molar-refractivity contribution in [3.8, 4) is 0 Å². The van der Waals surface area contributed by atoms with E-state index in [1.807, 2.05) is 19.2 Å². The highest BCUT2D eigenvalue weighted by Gasteiger charge is 2.17. The quantitative estimate of drug-likeness (QED) is 0.891. The van der Waals surface area contributed by atoms with Crippen LogP contribution in [0.25, 0.3) is 0 Å². The van der Waals surface area contributed by atoms with Gasteiger partial charge in [0.2, 0.25) is 0 Å². The third-order valence-electron chi connectivity index (χ3n) is 3.88. The molecule has 0 saturated carbocycles. The van der Waals surface area contributed by atoms with Crippen LogP contribution in [0.4, 0.5) is 5.69 Å². The SMILES string of the molecule is CC[C@@H](O)c1ccc(N2CCCCCC2C)cn1. The number of pyridine rings is 1. The minimum Gasteiger partial charge on any atom is -0.387 e. The van der Waals surface area contributed by atoms with Crippen molar-refractivity contribution < 1.29 is 5.11 Å². The summed E-state index contributed by atoms with van der Waals surface area (Å²) in [4.78, 5) is 6.84. The van der Waals surface area contributed by atoms with Gasteiger partial charge < -0.3 is 10.0 Å². The maximum atomic E-state index is 9.75. The number of hydrogen-bond acceptors (Lipinski definition) is 3. The van der Waals surface area contributed by atoms with E-state index in [1.165, 1.54) is 31.4 Å². The number of nitrogens with zero attached hydrogens (tertiary/aromatic N) is 2. The van der Waals surface area contributed by atoms with E-state index in [0.717, 1.165) is 12.2 Å². The molecule has 100 valence electrons. The lowest BCUT2D eigenvalue weighted by Crippen LogP contribution is -2.32. The van der Waals surface area contributed by atoms with Crippen LogP contribution in [-0.2, 0) is 0 Å². The molecule has 18 heavy (non-hydrogen) atoms. The molecule has 1 aromatic rings. The molecular formula is C15H24N2O. The Morgan fingerprint density at radius 1 is 1.39 bits per heavy atom. The Hall–Kier alpha value is -1.09. The molecule has 3 heteroatoms. The zero-order chi connectivity index (χ0) is 13.0. The summed E-state index contributed by atoms with van der Waals surface area (Å²) < 4.78 is 0. The maximum Gasteiger partial charge on any atom is 0.0957 e. The van der Waals surface area contributed by atoms with E-state index in [4.69, 9.17) is 0 Å². The fraction of sp³-hybridized carbons (Fsp3) is 0.667. The van der Waals surface area contributed by atoms with Gasteiger partial charge in [-0.3, -0.25) is 4.98 Å². The fourth-order valence-corrected chi connectivity index (χ4v) is 2.63. The molecule has 1 saturated heterocycles. The van der Waals surface area contributed by atoms with Crippen LogP contribution in [0.15, 0.2) is 18.3 Å². The molecule has 0 spiro atoms. The molecule has 0 aliphatic carbocycles. The molecule has 2 atom stereocenters. The Labute approximate surface area is 110 Å². The molecule has 3 nitrogen and oxygen atoms in total. The first kappa shape index (κ1) is 13.3. The van der Waals surface area contributed by atoms with Crippen molar-refractivity contribution in [2.45, 2.75) is 58.1 Å². The second-order valence-electron chi connectivity index (χ2n) is 5.26. The lowest BCUT2D eigenvalue weighted by Gasteiger charge is -2.29. The van der Waals surface area contributed by atoms with Gasteiger partial charge in [0.1, 0.15) is 0 Å². The third-order valence-corrected chi connectivity index (χ3v) is 3.88. The van der Waals surface area contributed by atoms with Crippen molar-refractivity contribution in [1.29, 1.82) is 0 Å². The Balaban J connectivity index is 2.12. The first-order valence-electron chi connectivity index (χ1n) is 7.13. The number of hydrogen-bond donors (Lipinski definition) is 1. The van der Waals surface area contributed by atoms with Crippen molar-refractivity contribution in [3.63, 3.8) is 0 Å². The average Bonchev–Trinajstić information content (AvgIpc) is 2.63. The van der Waals surface area contributed by atoms with Crippen molar-refractivity contribution >= 4 is 5.69 Å². The Kier molecular flexibility index (Phi) is 4.59. The van der Waals surface area contributed by atoms with E-state index in [1.54, 1.807) is 0 Å². The van der Waals surface area contributed by atoms with Gasteiger partial charge in [-0.2, -0.15) is 0 Å². The average molecular weight is 248 g/mol. The largest absolute Gasteiger partial charge is 0.387 e. The first-order valence-corrected chi connectivity index (χ1v) is 7.13. The third kappa shape index (κ3) is 3.02. The summed E-state index contributed by atoms with van der Waals surface area (Å²) in [6, 6.07) is 4.65. The molecule has 1 fully saturated rings. The van der Waals surface area contributed by atoms with Gasteiger partial charge >= 0.3 is 0 Å². The van der Waals surface area contributed by atoms with E-state index in [9.17, 15) is 5.11 Å². The molecule has 1 aromatic heterocycles. The molecule has 2 rings (SSSR count). The van der Waals surface area contributed by atoms with Crippen molar-refractivity contribution in [1.82, 2.24) is 4.98 Å². The summed E-state index contributed by atoms with van der Waals surface area (Å²) >= 11 is 0. The Bertz CT molecular complexity index is 363. The van der Waals surface area contributed by atoms with E-state index in [-0.39, 0.29) is 0 Å². The molecule has 1 aliphatic heterocycles. The van der Waals surface area contributed by atoms with Gasteiger partial charge in [-0.15, -0.1) is 0 Å². The molecule has 0 bridgehead atoms. The number of aliphatic hydroxyl groups excluding tert-OH is 1. The second kappa shape index (κ2) is 6.19. The minimum absolute atomic E-state index is 0.430. The Morgan fingerprint density at radius 2 is 2.22 bits per heavy atom. The number of rotatable bonds is 3. The van der Waals surface area contributed by atoms with Crippen molar-refractivity contribution in [3.05, 3.63) is 24.0 Å². The highest BCUT2D eigenvalue weighted by molar-refractivity contribution is 5.45. The molecule has 1 N–H and O–H groups in total. The first-order chi connectivity index (χ1) is 8.72. The molecule has 1 unspecified atom stereocenters. The molecule has 1 aliphatic rings. The topological polar surface area (TPSA) is 36.4 Å². The smallest absolute Gasteiger partial charge is 0.0957 e. The summed E-state index contributed by atoms with van der Waals surface area (Å²) in [6.07, 6.45) is 7.39. The molecular weight excluding hydrogens is 224 g/mol. The lowest BCUT2D eigenvalue weighted by atomic mass is 10.1. The number of aliphatic hydroxyl groups is 1. The van der Waals surface area contributed by atoms with Crippen LogP contribution in [0.1, 0.15) is 57.7 Å². The number of anilines is 1. The van der Waals surface area contributed by atoms with Crippen LogP contribution in [-0.4, -0.2) is 22.7 Å². The zero-order valence-corrected chi connectivity index (χ0v) is 11.5. The van der Waals surface area contributed by atoms with Crippen LogP contribution in [0.5, 0.6) is 0 Å². The summed E-state index contributed by atoms with van der Waals surface area (Å²) in [5.74, 6) is 0. The van der Waals surface area contributed by atoms with E-state index >= 15 is 0 Å². The van der Waals surface area contributed by atoms with Crippen molar-refractivity contribution in [2.75, 3.05) is 11.4 Å². The summed E-state index contributed by atoms with van der Waals surface area (Å²) in [5.41, 5.74) is 1.97. The van der Waals surface area contributed by atoms with Crippen LogP contribution in [0.2, 0.25) is 0 Å². The molecule has 2 heterocycles. The van der Waals surface area contributed by atoms with E-state index in [2.05, 4.69) is 22.9 Å². The number of aromatic nitrogens is 1. The molecule has 0 amide bonds. The normalized spacial score (nSPS) is 22.6. The van der Waals surface area contributed by atoms with Gasteiger partial charge in [0.05, 0.1) is 23.7 Å². The summed E-state index contributed by atoms with van der Waals surface area (Å²) in [6.45, 7) is 5.38. The van der Waals surface area contributed by atoms with Gasteiger partial charge in [-0.1, -0.05) is 19.8 Å². The molecule has 0 aromatic carbocycles. The van der Waals surface area contributed by atoms with Gasteiger partial charge in [0, 0.05) is 12.6 Å². The highest BCUT2D eigenvalue weighted by Crippen LogP contribution is 2.24. The predicted octanol–water partition coefficient (Wildman–Crippen LogP) is 3.29. The summed E-state index contributed by atoms with van der Waals surface area (Å²) in [5, 5.41) is 9.75. The maximum absolute atomic E-state index is 9.75. The van der Waals surface area contributed by atoms with Gasteiger partial charge in [-0.05, 0) is 38.3 Å². The van der Waals surface area contributed by atoms with Crippen LogP contribution < -0.4 is 4.90 Å². The Morgan fingerprint density at radius 3 is 2.89 bits per heavy atom. The summed E-state index contributed by atoms with van der Waals surface area (Å²) in [7, 11) is 0. The minimum atomic E-state index is -0.430. The van der Waals surface area contributed by atoms with Crippen LogP contribution in [0.3, 0.4) is 0 Å². The zero-order valence-electron chi connectivity index (χ0n) is 11.5. The molecule has 0 radical (unpaired) electrons. The van der Waals surface area contributed by atoms with Gasteiger partial charge in [0.15, 0.2) is 0 Å². The fourth-order valence-electron chi connectivity index (χ4n) is 2.63. The monoisotopic (exact) mass is 248 g/mol. The highest BCUT2D eigenvalue weighted by atomic mass is 16.3. The standard InChI is InChI=1S/C15H24N2O/c1-3-15(18)14-9-8-13(11-16-14)17-10-6-4-5-7-12(17)2/h8-9,11-12,15,18H,3-7,10H2,1-2H3/t12?,15-/m1/s1. The lowest BCUT2D eigenvalue weighted by molar-refractivity contribution is 0.169. The second-order valence-corrected chi connectivity index (χ2v) is 5.26. The van der Waals surface area contributed by atoms with Crippen LogP contribution in [0, 0.1) is 0 Å². The van der Waals surface area contributed by atoms with Crippen molar-refractivity contribution in [2.24, 2.45) is 0 Å². The van der Waals surface area contributed by atoms with E-state index < -0.39 is 6.10 Å². The van der Waals surface area contributed by atoms with Crippen LogP contribution >= 0.6 is 0 Å². The van der Waals surface area contributed by atoms with Gasteiger partial charge in [0.25, 0.3) is 0 Å². The van der Waals surface area contributed by atoms with Gasteiger partial charge in [-0.25, -0.2) is 0 Å².